The summed E-state index contributed by atoms with van der Waals surface area (Å²) in [5.74, 6) is -5.36. The predicted molar refractivity (Wildman–Crippen MR) is 161 cm³/mol. The molecule has 7 rings (SSSR count). The van der Waals surface area contributed by atoms with Crippen molar-refractivity contribution < 1.29 is 33.4 Å². The van der Waals surface area contributed by atoms with Crippen molar-refractivity contribution in [2.45, 2.75) is 24.2 Å². The molecule has 0 aromatic heterocycles. The molecule has 2 saturated heterocycles. The molecule has 2 aliphatic carbocycles. The number of imide groups is 2. The second-order valence-electron chi connectivity index (χ2n) is 11.8. The zero-order chi connectivity index (χ0) is 31.5. The van der Waals surface area contributed by atoms with Crippen LogP contribution in [0.5, 0.6) is 5.75 Å². The lowest BCUT2D eigenvalue weighted by Crippen LogP contribution is -2.53. The molecule has 45 heavy (non-hydrogen) atoms. The Morgan fingerprint density at radius 1 is 0.978 bits per heavy atom. The number of fused-ring (bicyclic) bond motifs is 4. The topological polar surface area (TPSA) is 125 Å². The first-order valence-electron chi connectivity index (χ1n) is 14.8. The Morgan fingerprint density at radius 3 is 2.44 bits per heavy atom. The number of carbonyl (C=O) groups is 4. The van der Waals surface area contributed by atoms with Crippen LogP contribution in [0.1, 0.15) is 29.9 Å². The van der Waals surface area contributed by atoms with Gasteiger partial charge in [-0.15, -0.1) is 0 Å². The molecule has 230 valence electrons. The van der Waals surface area contributed by atoms with Gasteiger partial charge in [0.05, 0.1) is 35.5 Å². The fourth-order valence-electron chi connectivity index (χ4n) is 7.92. The van der Waals surface area contributed by atoms with Crippen LogP contribution >= 0.6 is 11.6 Å². The fourth-order valence-corrected chi connectivity index (χ4v) is 8.04. The SMILES string of the molecule is O=C1NC(=O)C2C1CC=C1C2CC2C(=O)N(Nc3ccc(F)cc3)C(=O)C2(c2ccc(Cl)cc2)C1c1ccccc1OCCO. The third-order valence-corrected chi connectivity index (χ3v) is 9.93. The molecule has 2 heterocycles. The summed E-state index contributed by atoms with van der Waals surface area (Å²) in [6.07, 6.45) is 2.38. The molecule has 3 aromatic carbocycles. The number of anilines is 1. The van der Waals surface area contributed by atoms with Crippen molar-refractivity contribution >= 4 is 40.9 Å². The predicted octanol–water partition coefficient (Wildman–Crippen LogP) is 4.12. The molecule has 0 radical (unpaired) electrons. The molecule has 3 N–H and O–H groups in total. The summed E-state index contributed by atoms with van der Waals surface area (Å²) >= 11 is 6.31. The van der Waals surface area contributed by atoms with E-state index in [-0.39, 0.29) is 31.4 Å². The maximum absolute atomic E-state index is 15.1. The number of halogens is 2. The van der Waals surface area contributed by atoms with Crippen molar-refractivity contribution in [1.82, 2.24) is 10.3 Å². The first-order valence-corrected chi connectivity index (χ1v) is 15.2. The minimum absolute atomic E-state index is 0.00366. The number of nitrogens with one attached hydrogen (secondary N) is 2. The Labute approximate surface area is 263 Å². The molecule has 2 aliphatic heterocycles. The summed E-state index contributed by atoms with van der Waals surface area (Å²) in [7, 11) is 0. The van der Waals surface area contributed by atoms with E-state index in [1.54, 1.807) is 36.4 Å². The van der Waals surface area contributed by atoms with Crippen molar-refractivity contribution in [3.05, 3.63) is 106 Å². The summed E-state index contributed by atoms with van der Waals surface area (Å²) in [5.41, 5.74) is 3.67. The molecule has 3 fully saturated rings. The van der Waals surface area contributed by atoms with Crippen LogP contribution in [0.4, 0.5) is 10.1 Å². The third-order valence-electron chi connectivity index (χ3n) is 9.68. The Hall–Kier alpha value is -4.54. The number of amides is 4. The van der Waals surface area contributed by atoms with Crippen LogP contribution in [0, 0.1) is 29.5 Å². The van der Waals surface area contributed by atoms with E-state index in [2.05, 4.69) is 10.7 Å². The van der Waals surface area contributed by atoms with Crippen LogP contribution in [0.3, 0.4) is 0 Å². The van der Waals surface area contributed by atoms with Gasteiger partial charge in [0.1, 0.15) is 18.2 Å². The minimum Gasteiger partial charge on any atom is -0.491 e. The van der Waals surface area contributed by atoms with E-state index in [4.69, 9.17) is 16.3 Å². The number of nitrogens with zero attached hydrogens (tertiary/aromatic N) is 1. The number of aliphatic hydroxyl groups excluding tert-OH is 1. The highest BCUT2D eigenvalue weighted by Gasteiger charge is 2.70. The molecule has 6 atom stereocenters. The summed E-state index contributed by atoms with van der Waals surface area (Å²) in [4.78, 5) is 55.6. The molecule has 3 aromatic rings. The molecule has 9 nitrogen and oxygen atoms in total. The van der Waals surface area contributed by atoms with Crippen molar-refractivity contribution in [1.29, 1.82) is 0 Å². The molecule has 4 amide bonds. The van der Waals surface area contributed by atoms with E-state index in [1.165, 1.54) is 24.3 Å². The van der Waals surface area contributed by atoms with E-state index in [1.807, 2.05) is 18.2 Å². The fraction of sp³-hybridized carbons (Fsp3) is 0.294. The number of hydrogen-bond donors (Lipinski definition) is 3. The monoisotopic (exact) mass is 629 g/mol. The van der Waals surface area contributed by atoms with Gasteiger partial charge in [0.2, 0.25) is 11.8 Å². The number of benzene rings is 3. The van der Waals surface area contributed by atoms with Crippen LogP contribution < -0.4 is 15.5 Å². The zero-order valence-corrected chi connectivity index (χ0v) is 24.7. The van der Waals surface area contributed by atoms with Gasteiger partial charge < -0.3 is 9.84 Å². The highest BCUT2D eigenvalue weighted by molar-refractivity contribution is 6.30. The van der Waals surface area contributed by atoms with Gasteiger partial charge in [0, 0.05) is 16.5 Å². The maximum Gasteiger partial charge on any atom is 0.260 e. The maximum atomic E-state index is 15.1. The van der Waals surface area contributed by atoms with Crippen molar-refractivity contribution in [3.8, 4) is 5.75 Å². The van der Waals surface area contributed by atoms with E-state index in [9.17, 15) is 23.9 Å². The van der Waals surface area contributed by atoms with Gasteiger partial charge in [-0.3, -0.25) is 29.9 Å². The Kier molecular flexibility index (Phi) is 7.21. The van der Waals surface area contributed by atoms with Gasteiger partial charge in [-0.1, -0.05) is 53.6 Å². The van der Waals surface area contributed by atoms with Crippen LogP contribution in [0.2, 0.25) is 5.02 Å². The number of aliphatic hydroxyl groups is 1. The van der Waals surface area contributed by atoms with Gasteiger partial charge in [0.25, 0.3) is 11.8 Å². The van der Waals surface area contributed by atoms with Crippen molar-refractivity contribution in [3.63, 3.8) is 0 Å². The van der Waals surface area contributed by atoms with Gasteiger partial charge in [0.15, 0.2) is 0 Å². The normalized spacial score (nSPS) is 28.6. The molecule has 1 saturated carbocycles. The van der Waals surface area contributed by atoms with Crippen LogP contribution in [-0.2, 0) is 24.6 Å². The van der Waals surface area contributed by atoms with Gasteiger partial charge in [-0.05, 0) is 66.8 Å². The van der Waals surface area contributed by atoms with Gasteiger partial charge in [-0.2, -0.15) is 5.01 Å². The van der Waals surface area contributed by atoms with E-state index in [0.717, 1.165) is 10.6 Å². The van der Waals surface area contributed by atoms with Crippen molar-refractivity contribution in [2.24, 2.45) is 23.7 Å². The largest absolute Gasteiger partial charge is 0.491 e. The van der Waals surface area contributed by atoms with E-state index in [0.29, 0.717) is 34.0 Å². The first kappa shape index (κ1) is 29.2. The molecule has 11 heteroatoms. The molecule has 4 aliphatic rings. The lowest BCUT2D eigenvalue weighted by Gasteiger charge is -2.50. The second-order valence-corrected chi connectivity index (χ2v) is 12.3. The van der Waals surface area contributed by atoms with Crippen LogP contribution in [0.25, 0.3) is 0 Å². The number of allylic oxidation sites excluding steroid dienone is 2. The standard InChI is InChI=1S/C34H29ClFN3O6/c35-19-7-5-18(6-8-19)34-26(32(43)39(33(34)44)38-21-11-9-20(36)10-12-21)17-25-22(13-14-24-28(25)31(42)37-30(24)41)29(34)23-3-1-2-4-27(23)45-16-15-40/h1-13,24-26,28-29,38,40H,14-17H2,(H,37,41,42). The van der Waals surface area contributed by atoms with Crippen LogP contribution in [-0.4, -0.2) is 47.0 Å². The summed E-state index contributed by atoms with van der Waals surface area (Å²) in [6.45, 7) is -0.246. The summed E-state index contributed by atoms with van der Waals surface area (Å²) < 4.78 is 19.7. The van der Waals surface area contributed by atoms with Crippen LogP contribution in [0.15, 0.2) is 84.4 Å². The molecule has 0 bridgehead atoms. The number of hydrogen-bond acceptors (Lipinski definition) is 7. The molecular weight excluding hydrogens is 601 g/mol. The van der Waals surface area contributed by atoms with Gasteiger partial charge in [-0.25, -0.2) is 4.39 Å². The molecule has 0 spiro atoms. The lowest BCUT2D eigenvalue weighted by atomic mass is 9.49. The highest BCUT2D eigenvalue weighted by atomic mass is 35.5. The number of ether oxygens (including phenoxy) is 1. The average molecular weight is 630 g/mol. The lowest BCUT2D eigenvalue weighted by molar-refractivity contribution is -0.138. The highest BCUT2D eigenvalue weighted by Crippen LogP contribution is 2.64. The second kappa shape index (κ2) is 11.1. The average Bonchev–Trinajstić information content (AvgIpc) is 3.45. The zero-order valence-electron chi connectivity index (χ0n) is 23.9. The molecular formula is C34H29ClFN3O6. The van der Waals surface area contributed by atoms with E-state index >= 15 is 4.79 Å². The molecule has 6 unspecified atom stereocenters. The Bertz CT molecular complexity index is 1750. The smallest absolute Gasteiger partial charge is 0.260 e. The number of hydrazine groups is 1. The Balaban J connectivity index is 1.48. The minimum atomic E-state index is -1.51. The Morgan fingerprint density at radius 2 is 1.71 bits per heavy atom. The third kappa shape index (κ3) is 4.46. The number of carbonyl (C=O) groups excluding carboxylic acids is 4. The quantitative estimate of drug-likeness (QED) is 0.265. The van der Waals surface area contributed by atoms with E-state index < -0.39 is 52.6 Å². The first-order chi connectivity index (χ1) is 21.7. The van der Waals surface area contributed by atoms with Crippen molar-refractivity contribution in [2.75, 3.05) is 18.6 Å². The van der Waals surface area contributed by atoms with Gasteiger partial charge >= 0.3 is 0 Å². The summed E-state index contributed by atoms with van der Waals surface area (Å²) in [6, 6.07) is 19.3. The number of rotatable bonds is 7. The summed E-state index contributed by atoms with van der Waals surface area (Å²) in [5, 5.41) is 13.5. The number of para-hydroxylation sites is 1.